The number of carbonyl (C=O) groups is 1. The van der Waals surface area contributed by atoms with Crippen LogP contribution in [0.25, 0.3) is 11.0 Å². The van der Waals surface area contributed by atoms with Crippen molar-refractivity contribution < 1.29 is 18.8 Å². The Hall–Kier alpha value is -2.82. The Labute approximate surface area is 191 Å². The highest BCUT2D eigenvalue weighted by atomic mass is 16.5. The Morgan fingerprint density at radius 3 is 2.56 bits per heavy atom. The van der Waals surface area contributed by atoms with E-state index in [2.05, 4.69) is 31.4 Å². The second kappa shape index (κ2) is 9.76. The van der Waals surface area contributed by atoms with E-state index in [1.54, 1.807) is 0 Å². The molecule has 0 radical (unpaired) electrons. The van der Waals surface area contributed by atoms with Gasteiger partial charge in [-0.15, -0.1) is 0 Å². The topological polar surface area (TPSA) is 44.3 Å². The third-order valence-electron chi connectivity index (χ3n) is 6.88. The number of fused-ring (bicyclic) bond motifs is 1. The molecule has 170 valence electrons. The molecule has 3 atom stereocenters. The zero-order chi connectivity index (χ0) is 22.7. The molecule has 1 aliphatic carbocycles. The fourth-order valence-electron chi connectivity index (χ4n) is 5.04. The summed E-state index contributed by atoms with van der Waals surface area (Å²) in [6, 6.07) is 17.9. The molecular formula is C27H35N2O3+. The van der Waals surface area contributed by atoms with Crippen molar-refractivity contribution in [2.75, 3.05) is 0 Å². The Kier molecular flexibility index (Phi) is 6.83. The van der Waals surface area contributed by atoms with Gasteiger partial charge in [-0.3, -0.25) is 0 Å². The van der Waals surface area contributed by atoms with Crippen LogP contribution in [-0.2, 0) is 29.7 Å². The first kappa shape index (κ1) is 22.4. The lowest BCUT2D eigenvalue weighted by Gasteiger charge is -2.36. The third kappa shape index (κ3) is 4.82. The Morgan fingerprint density at radius 1 is 1.09 bits per heavy atom. The van der Waals surface area contributed by atoms with Crippen LogP contribution in [-0.4, -0.2) is 16.6 Å². The SMILES string of the molecule is CC(C)[C@H]1CC[C@H](C)C[C@@H]1OC(=O)Cn1c(COc2ccccc2)[n+](C)c2ccccc21. The molecule has 0 bridgehead atoms. The summed E-state index contributed by atoms with van der Waals surface area (Å²) in [6.07, 6.45) is 3.31. The number of hydrogen-bond acceptors (Lipinski definition) is 3. The standard InChI is InChI=1S/C27H35N2O3/c1-19(2)22-15-14-20(3)16-25(22)32-27(30)17-29-24-13-9-8-12-23(24)28(4)26(29)18-31-21-10-6-5-7-11-21/h5-13,19-20,22,25H,14-18H2,1-4H3/q+1/t20-,22+,25-/m0/s1. The summed E-state index contributed by atoms with van der Waals surface area (Å²) >= 11 is 0. The molecule has 2 aromatic carbocycles. The molecule has 1 fully saturated rings. The van der Waals surface area contributed by atoms with E-state index in [0.717, 1.165) is 35.4 Å². The maximum atomic E-state index is 13.1. The maximum Gasteiger partial charge on any atom is 0.348 e. The van der Waals surface area contributed by atoms with Gasteiger partial charge in [-0.2, -0.15) is 0 Å². The average Bonchev–Trinajstić information content (AvgIpc) is 3.04. The zero-order valence-electron chi connectivity index (χ0n) is 19.7. The zero-order valence-corrected chi connectivity index (χ0v) is 19.7. The second-order valence-electron chi connectivity index (χ2n) is 9.51. The summed E-state index contributed by atoms with van der Waals surface area (Å²) in [5, 5.41) is 0. The van der Waals surface area contributed by atoms with Crippen LogP contribution < -0.4 is 9.30 Å². The summed E-state index contributed by atoms with van der Waals surface area (Å²) in [5.74, 6) is 3.13. The van der Waals surface area contributed by atoms with E-state index < -0.39 is 0 Å². The minimum Gasteiger partial charge on any atom is -0.481 e. The van der Waals surface area contributed by atoms with Gasteiger partial charge in [-0.05, 0) is 54.9 Å². The molecule has 0 N–H and O–H groups in total. The molecule has 0 aliphatic heterocycles. The van der Waals surface area contributed by atoms with E-state index in [0.29, 0.717) is 24.4 Å². The first-order valence-corrected chi connectivity index (χ1v) is 11.8. The van der Waals surface area contributed by atoms with Crippen molar-refractivity contribution in [2.45, 2.75) is 59.3 Å². The number of esters is 1. The van der Waals surface area contributed by atoms with Gasteiger partial charge >= 0.3 is 5.97 Å². The number of nitrogens with zero attached hydrogens (tertiary/aromatic N) is 2. The van der Waals surface area contributed by atoms with Gasteiger partial charge in [-0.25, -0.2) is 13.9 Å². The molecule has 1 aliphatic rings. The third-order valence-corrected chi connectivity index (χ3v) is 6.88. The van der Waals surface area contributed by atoms with Crippen LogP contribution in [0.4, 0.5) is 0 Å². The molecule has 0 amide bonds. The first-order valence-electron chi connectivity index (χ1n) is 11.8. The van der Waals surface area contributed by atoms with E-state index in [4.69, 9.17) is 9.47 Å². The molecule has 32 heavy (non-hydrogen) atoms. The van der Waals surface area contributed by atoms with Gasteiger partial charge in [0, 0.05) is 0 Å². The Bertz CT molecular complexity index is 1060. The van der Waals surface area contributed by atoms with Gasteiger partial charge in [0.05, 0.1) is 7.05 Å². The van der Waals surface area contributed by atoms with Crippen molar-refractivity contribution in [1.29, 1.82) is 0 Å². The highest BCUT2D eigenvalue weighted by Crippen LogP contribution is 2.35. The van der Waals surface area contributed by atoms with Crippen LogP contribution in [0.3, 0.4) is 0 Å². The molecule has 1 saturated carbocycles. The summed E-state index contributed by atoms with van der Waals surface area (Å²) in [4.78, 5) is 13.1. The highest BCUT2D eigenvalue weighted by Gasteiger charge is 2.34. The molecule has 5 heteroatoms. The van der Waals surface area contributed by atoms with Crippen molar-refractivity contribution in [1.82, 2.24) is 4.57 Å². The van der Waals surface area contributed by atoms with Gasteiger partial charge in [0.15, 0.2) is 24.2 Å². The second-order valence-corrected chi connectivity index (χ2v) is 9.51. The van der Waals surface area contributed by atoms with E-state index in [1.807, 2.05) is 60.1 Å². The van der Waals surface area contributed by atoms with Crippen LogP contribution in [0.2, 0.25) is 0 Å². The Morgan fingerprint density at radius 2 is 1.81 bits per heavy atom. The normalized spacial score (nSPS) is 21.1. The summed E-state index contributed by atoms with van der Waals surface area (Å²) in [7, 11) is 2.02. The quantitative estimate of drug-likeness (QED) is 0.385. The Balaban J connectivity index is 1.56. The number of imidazole rings is 1. The van der Waals surface area contributed by atoms with Gasteiger partial charge < -0.3 is 9.47 Å². The number of benzene rings is 2. The summed E-state index contributed by atoms with van der Waals surface area (Å²) < 4.78 is 16.3. The predicted molar refractivity (Wildman–Crippen MR) is 125 cm³/mol. The van der Waals surface area contributed by atoms with Gasteiger partial charge in [0.1, 0.15) is 11.9 Å². The fraction of sp³-hybridized carbons (Fsp3) is 0.481. The number of rotatable bonds is 7. The number of hydrogen-bond donors (Lipinski definition) is 0. The van der Waals surface area contributed by atoms with Crippen molar-refractivity contribution in [3.63, 3.8) is 0 Å². The molecule has 0 spiro atoms. The van der Waals surface area contributed by atoms with E-state index >= 15 is 0 Å². The van der Waals surface area contributed by atoms with Crippen molar-refractivity contribution in [2.24, 2.45) is 24.8 Å². The van der Waals surface area contributed by atoms with E-state index in [-0.39, 0.29) is 18.6 Å². The molecule has 0 saturated heterocycles. The van der Waals surface area contributed by atoms with Gasteiger partial charge in [0.2, 0.25) is 0 Å². The maximum absolute atomic E-state index is 13.1. The number of carbonyl (C=O) groups excluding carboxylic acids is 1. The molecule has 4 rings (SSSR count). The van der Waals surface area contributed by atoms with Gasteiger partial charge in [0.25, 0.3) is 5.82 Å². The van der Waals surface area contributed by atoms with Crippen LogP contribution in [0.15, 0.2) is 54.6 Å². The van der Waals surface area contributed by atoms with Crippen LogP contribution in [0.1, 0.15) is 45.9 Å². The van der Waals surface area contributed by atoms with Crippen LogP contribution in [0.5, 0.6) is 5.75 Å². The lowest BCUT2D eigenvalue weighted by atomic mass is 9.75. The number of ether oxygens (including phenoxy) is 2. The molecule has 3 aromatic rings. The van der Waals surface area contributed by atoms with E-state index in [1.165, 1.54) is 6.42 Å². The lowest BCUT2D eigenvalue weighted by molar-refractivity contribution is -0.655. The van der Waals surface area contributed by atoms with E-state index in [9.17, 15) is 4.79 Å². The van der Waals surface area contributed by atoms with Crippen molar-refractivity contribution in [3.05, 3.63) is 60.4 Å². The van der Waals surface area contributed by atoms with Crippen molar-refractivity contribution in [3.8, 4) is 5.75 Å². The molecular weight excluding hydrogens is 400 g/mol. The van der Waals surface area contributed by atoms with Crippen molar-refractivity contribution >= 4 is 17.0 Å². The minimum absolute atomic E-state index is 0.00541. The highest BCUT2D eigenvalue weighted by molar-refractivity contribution is 5.76. The average molecular weight is 436 g/mol. The smallest absolute Gasteiger partial charge is 0.348 e. The van der Waals surface area contributed by atoms with Crippen LogP contribution in [0, 0.1) is 17.8 Å². The monoisotopic (exact) mass is 435 g/mol. The predicted octanol–water partition coefficient (Wildman–Crippen LogP) is 5.05. The number of aromatic nitrogens is 2. The largest absolute Gasteiger partial charge is 0.481 e. The molecule has 0 unspecified atom stereocenters. The first-order chi connectivity index (χ1) is 15.4. The molecule has 1 aromatic heterocycles. The summed E-state index contributed by atoms with van der Waals surface area (Å²) in [5.41, 5.74) is 2.08. The number of para-hydroxylation sites is 3. The fourth-order valence-corrected chi connectivity index (χ4v) is 5.04. The lowest BCUT2D eigenvalue weighted by Crippen LogP contribution is -2.37. The molecule has 5 nitrogen and oxygen atoms in total. The van der Waals surface area contributed by atoms with Gasteiger partial charge in [-0.1, -0.05) is 57.5 Å². The minimum atomic E-state index is -0.169. The molecule has 1 heterocycles. The number of aryl methyl sites for hydroxylation is 1. The van der Waals surface area contributed by atoms with Crippen LogP contribution >= 0.6 is 0 Å². The summed E-state index contributed by atoms with van der Waals surface area (Å²) in [6.45, 7) is 7.29.